The SMILES string of the molecule is CCC(=O)c1cccc(Cc2ccc(CCC(=O)Cc3cc(C(F)(F)F)cc(C)c3O)cc2C)c1. The third-order valence-electron chi connectivity index (χ3n) is 6.16. The summed E-state index contributed by atoms with van der Waals surface area (Å²) in [6.45, 7) is 5.22. The zero-order chi connectivity index (χ0) is 25.8. The number of halogens is 3. The van der Waals surface area contributed by atoms with Crippen molar-refractivity contribution in [2.45, 2.75) is 59.1 Å². The number of carbonyl (C=O) groups is 2. The minimum absolute atomic E-state index is 0.00219. The van der Waals surface area contributed by atoms with E-state index >= 15 is 0 Å². The van der Waals surface area contributed by atoms with Crippen molar-refractivity contribution in [1.29, 1.82) is 0 Å². The number of phenolic OH excluding ortho intramolecular Hbond substituents is 1. The zero-order valence-corrected chi connectivity index (χ0v) is 20.1. The molecule has 0 aromatic heterocycles. The minimum atomic E-state index is -4.54. The number of alkyl halides is 3. The van der Waals surface area contributed by atoms with Crippen molar-refractivity contribution in [3.05, 3.63) is 99.1 Å². The second kappa shape index (κ2) is 10.9. The lowest BCUT2D eigenvalue weighted by Crippen LogP contribution is -2.09. The van der Waals surface area contributed by atoms with Crippen LogP contribution in [0.1, 0.15) is 69.1 Å². The molecule has 0 aliphatic rings. The highest BCUT2D eigenvalue weighted by atomic mass is 19.4. The fourth-order valence-corrected chi connectivity index (χ4v) is 4.13. The van der Waals surface area contributed by atoms with Gasteiger partial charge in [-0.2, -0.15) is 13.2 Å². The molecule has 3 nitrogen and oxygen atoms in total. The van der Waals surface area contributed by atoms with Gasteiger partial charge in [0.25, 0.3) is 0 Å². The standard InChI is InChI=1S/C29H29F3O3/c1-4-27(34)23-7-5-6-21(15-23)14-22-10-8-20(12-18(22)2)9-11-26(33)17-24-16-25(29(30,31)32)13-19(3)28(24)35/h5-8,10,12-13,15-16,35H,4,9,11,14,17H2,1-3H3. The maximum atomic E-state index is 13.1. The maximum Gasteiger partial charge on any atom is 0.416 e. The van der Waals surface area contributed by atoms with E-state index in [1.165, 1.54) is 6.92 Å². The van der Waals surface area contributed by atoms with E-state index in [1.807, 2.05) is 56.3 Å². The molecule has 35 heavy (non-hydrogen) atoms. The normalized spacial score (nSPS) is 11.5. The molecule has 0 spiro atoms. The Balaban J connectivity index is 1.64. The first kappa shape index (κ1) is 26.2. The third-order valence-corrected chi connectivity index (χ3v) is 6.16. The molecule has 0 heterocycles. The Bertz CT molecular complexity index is 1240. The van der Waals surface area contributed by atoms with Gasteiger partial charge in [-0.25, -0.2) is 0 Å². The number of aromatic hydroxyl groups is 1. The summed E-state index contributed by atoms with van der Waals surface area (Å²) >= 11 is 0. The topological polar surface area (TPSA) is 54.4 Å². The number of ketones is 2. The van der Waals surface area contributed by atoms with E-state index in [1.54, 1.807) is 0 Å². The second-order valence-electron chi connectivity index (χ2n) is 8.93. The van der Waals surface area contributed by atoms with Gasteiger partial charge in [0.1, 0.15) is 11.5 Å². The second-order valence-corrected chi connectivity index (χ2v) is 8.93. The van der Waals surface area contributed by atoms with Gasteiger partial charge in [-0.05, 0) is 72.7 Å². The van der Waals surface area contributed by atoms with Crippen molar-refractivity contribution in [2.75, 3.05) is 0 Å². The van der Waals surface area contributed by atoms with Crippen molar-refractivity contribution in [2.24, 2.45) is 0 Å². The molecule has 0 aliphatic carbocycles. The smallest absolute Gasteiger partial charge is 0.416 e. The summed E-state index contributed by atoms with van der Waals surface area (Å²) < 4.78 is 39.3. The number of rotatable bonds is 9. The highest BCUT2D eigenvalue weighted by Gasteiger charge is 2.32. The lowest BCUT2D eigenvalue weighted by molar-refractivity contribution is -0.137. The van der Waals surface area contributed by atoms with Gasteiger partial charge in [0.05, 0.1) is 5.56 Å². The molecule has 0 bridgehead atoms. The summed E-state index contributed by atoms with van der Waals surface area (Å²) in [6, 6.07) is 15.3. The van der Waals surface area contributed by atoms with Crippen molar-refractivity contribution in [3.63, 3.8) is 0 Å². The fraction of sp³-hybridized carbons (Fsp3) is 0.310. The van der Waals surface area contributed by atoms with Gasteiger partial charge >= 0.3 is 6.18 Å². The number of aryl methyl sites for hydroxylation is 3. The van der Waals surface area contributed by atoms with E-state index in [9.17, 15) is 27.9 Å². The minimum Gasteiger partial charge on any atom is -0.507 e. The molecule has 184 valence electrons. The Kier molecular flexibility index (Phi) is 8.15. The van der Waals surface area contributed by atoms with Gasteiger partial charge in [-0.15, -0.1) is 0 Å². The molecule has 3 aromatic carbocycles. The van der Waals surface area contributed by atoms with Crippen LogP contribution in [0.2, 0.25) is 0 Å². The van der Waals surface area contributed by atoms with Gasteiger partial charge < -0.3 is 5.11 Å². The Labute approximate surface area is 203 Å². The molecule has 6 heteroatoms. The summed E-state index contributed by atoms with van der Waals surface area (Å²) in [7, 11) is 0. The van der Waals surface area contributed by atoms with E-state index in [2.05, 4.69) is 0 Å². The first-order chi connectivity index (χ1) is 16.5. The Morgan fingerprint density at radius 3 is 2.29 bits per heavy atom. The molecule has 0 radical (unpaired) electrons. The lowest BCUT2D eigenvalue weighted by atomic mass is 9.94. The van der Waals surface area contributed by atoms with E-state index in [-0.39, 0.29) is 41.3 Å². The van der Waals surface area contributed by atoms with E-state index in [0.717, 1.165) is 34.4 Å². The van der Waals surface area contributed by atoms with Crippen LogP contribution in [0.15, 0.2) is 54.6 Å². The van der Waals surface area contributed by atoms with Gasteiger partial charge in [0.2, 0.25) is 0 Å². The fourth-order valence-electron chi connectivity index (χ4n) is 4.13. The summed E-state index contributed by atoms with van der Waals surface area (Å²) in [6.07, 6.45) is -3.02. The average Bonchev–Trinajstić information content (AvgIpc) is 2.81. The summed E-state index contributed by atoms with van der Waals surface area (Å²) in [5, 5.41) is 10.1. The van der Waals surface area contributed by atoms with Gasteiger partial charge in [-0.1, -0.05) is 43.3 Å². The monoisotopic (exact) mass is 482 g/mol. The summed E-state index contributed by atoms with van der Waals surface area (Å²) in [5.74, 6) is -0.397. The van der Waals surface area contributed by atoms with E-state index in [4.69, 9.17) is 0 Å². The largest absolute Gasteiger partial charge is 0.507 e. The van der Waals surface area contributed by atoms with Crippen molar-refractivity contribution in [1.82, 2.24) is 0 Å². The predicted octanol–water partition coefficient (Wildman–Crippen LogP) is 6.96. The van der Waals surface area contributed by atoms with Crippen LogP contribution >= 0.6 is 0 Å². The number of hydrogen-bond donors (Lipinski definition) is 1. The highest BCUT2D eigenvalue weighted by molar-refractivity contribution is 5.96. The quantitative estimate of drug-likeness (QED) is 0.336. The van der Waals surface area contributed by atoms with Gasteiger partial charge in [-0.3, -0.25) is 9.59 Å². The van der Waals surface area contributed by atoms with Crippen LogP contribution in [0.3, 0.4) is 0 Å². The number of benzene rings is 3. The summed E-state index contributed by atoms with van der Waals surface area (Å²) in [4.78, 5) is 24.5. The van der Waals surface area contributed by atoms with Crippen LogP contribution in [-0.2, 0) is 30.2 Å². The first-order valence-corrected chi connectivity index (χ1v) is 11.6. The molecule has 0 aliphatic heterocycles. The van der Waals surface area contributed by atoms with Gasteiger partial charge in [0.15, 0.2) is 5.78 Å². The number of carbonyl (C=O) groups excluding carboxylic acids is 2. The van der Waals surface area contributed by atoms with Crippen molar-refractivity contribution < 1.29 is 27.9 Å². The number of hydrogen-bond acceptors (Lipinski definition) is 3. The first-order valence-electron chi connectivity index (χ1n) is 11.6. The molecule has 0 fully saturated rings. The summed E-state index contributed by atoms with van der Waals surface area (Å²) in [5.41, 5.74) is 4.12. The third kappa shape index (κ3) is 6.81. The van der Waals surface area contributed by atoms with Crippen LogP contribution in [0.25, 0.3) is 0 Å². The molecule has 3 aromatic rings. The number of Topliss-reactive ketones (excluding diaryl/α,β-unsaturated/α-hetero) is 2. The van der Waals surface area contributed by atoms with Crippen LogP contribution in [0.5, 0.6) is 5.75 Å². The molecule has 0 saturated heterocycles. The lowest BCUT2D eigenvalue weighted by Gasteiger charge is -2.13. The molecule has 0 amide bonds. The van der Waals surface area contributed by atoms with Crippen LogP contribution < -0.4 is 0 Å². The number of phenols is 1. The van der Waals surface area contributed by atoms with Gasteiger partial charge in [0, 0.05) is 30.4 Å². The molecule has 0 unspecified atom stereocenters. The molecule has 0 atom stereocenters. The Hall–Kier alpha value is -3.41. The highest BCUT2D eigenvalue weighted by Crippen LogP contribution is 2.34. The Morgan fingerprint density at radius 2 is 1.63 bits per heavy atom. The predicted molar refractivity (Wildman–Crippen MR) is 130 cm³/mol. The van der Waals surface area contributed by atoms with Crippen LogP contribution in [-0.4, -0.2) is 16.7 Å². The van der Waals surface area contributed by atoms with Crippen molar-refractivity contribution >= 4 is 11.6 Å². The van der Waals surface area contributed by atoms with Crippen LogP contribution in [0.4, 0.5) is 13.2 Å². The van der Waals surface area contributed by atoms with Crippen LogP contribution in [0, 0.1) is 13.8 Å². The van der Waals surface area contributed by atoms with E-state index < -0.39 is 11.7 Å². The maximum absolute atomic E-state index is 13.1. The molecular weight excluding hydrogens is 453 g/mol. The zero-order valence-electron chi connectivity index (χ0n) is 20.1. The molecule has 1 N–H and O–H groups in total. The molecular formula is C29H29F3O3. The van der Waals surface area contributed by atoms with Crippen molar-refractivity contribution in [3.8, 4) is 5.75 Å². The average molecular weight is 483 g/mol. The molecule has 0 saturated carbocycles. The Morgan fingerprint density at radius 1 is 0.886 bits per heavy atom. The van der Waals surface area contributed by atoms with E-state index in [0.29, 0.717) is 24.8 Å². The molecule has 3 rings (SSSR count).